The van der Waals surface area contributed by atoms with Gasteiger partial charge in [0.05, 0.1) is 0 Å². The summed E-state index contributed by atoms with van der Waals surface area (Å²) in [6, 6.07) is -0.849. The fraction of sp³-hybridized carbons (Fsp3) is 0.875. The summed E-state index contributed by atoms with van der Waals surface area (Å²) in [4.78, 5) is 25.0. The Morgan fingerprint density at radius 3 is 2.48 bits per heavy atom. The second-order valence-corrected chi connectivity index (χ2v) is 6.42. The van der Waals surface area contributed by atoms with Crippen molar-refractivity contribution in [1.29, 1.82) is 0 Å². The third-order valence-electron chi connectivity index (χ3n) is 4.84. The number of likely N-dealkylation sites (tertiary alicyclic amines) is 1. The highest BCUT2D eigenvalue weighted by atomic mass is 16.4. The smallest absolute Gasteiger partial charge is 0.326 e. The highest BCUT2D eigenvalue weighted by Gasteiger charge is 2.30. The molecule has 1 unspecified atom stereocenters. The predicted molar refractivity (Wildman–Crippen MR) is 81.2 cm³/mol. The number of nitrogens with one attached hydrogen (secondary N) is 1. The van der Waals surface area contributed by atoms with Gasteiger partial charge in [0.1, 0.15) is 6.04 Å². The molecule has 0 aromatic rings. The summed E-state index contributed by atoms with van der Waals surface area (Å²) >= 11 is 0. The molecule has 0 aromatic carbocycles. The van der Waals surface area contributed by atoms with Crippen molar-refractivity contribution in [2.75, 3.05) is 13.1 Å². The molecule has 2 amide bonds. The maximum absolute atomic E-state index is 12.2. The maximum Gasteiger partial charge on any atom is 0.326 e. The normalized spacial score (nSPS) is 23.8. The number of nitrogens with zero attached hydrogens (tertiary/aromatic N) is 1. The van der Waals surface area contributed by atoms with Crippen LogP contribution >= 0.6 is 0 Å². The molecule has 0 spiro atoms. The lowest BCUT2D eigenvalue weighted by atomic mass is 10.0. The Kier molecular flexibility index (Phi) is 6.33. The first-order valence-electron chi connectivity index (χ1n) is 8.46. The molecule has 5 nitrogen and oxygen atoms in total. The zero-order chi connectivity index (χ0) is 15.1. The van der Waals surface area contributed by atoms with E-state index in [1.165, 1.54) is 37.0 Å². The molecule has 1 atom stereocenters. The van der Waals surface area contributed by atoms with Crippen LogP contribution in [0.4, 0.5) is 4.79 Å². The summed E-state index contributed by atoms with van der Waals surface area (Å²) < 4.78 is 0. The van der Waals surface area contributed by atoms with Crippen molar-refractivity contribution in [3.8, 4) is 0 Å². The summed E-state index contributed by atoms with van der Waals surface area (Å²) in [5.74, 6) is -0.0372. The fourth-order valence-corrected chi connectivity index (χ4v) is 3.59. The monoisotopic (exact) mass is 296 g/mol. The summed E-state index contributed by atoms with van der Waals surface area (Å²) in [7, 11) is 0. The van der Waals surface area contributed by atoms with Crippen LogP contribution in [-0.4, -0.2) is 41.1 Å². The molecular formula is C16H28N2O3. The van der Waals surface area contributed by atoms with Crippen molar-refractivity contribution in [3.63, 3.8) is 0 Å². The first-order chi connectivity index (χ1) is 10.2. The fourth-order valence-electron chi connectivity index (χ4n) is 3.59. The summed E-state index contributed by atoms with van der Waals surface area (Å²) in [6.07, 6.45) is 10.9. The molecule has 0 radical (unpaired) electrons. The van der Waals surface area contributed by atoms with E-state index in [0.29, 0.717) is 19.5 Å². The molecular weight excluding hydrogens is 268 g/mol. The van der Waals surface area contributed by atoms with Gasteiger partial charge in [0.25, 0.3) is 0 Å². The van der Waals surface area contributed by atoms with Crippen molar-refractivity contribution >= 4 is 12.0 Å². The second kappa shape index (κ2) is 8.25. The van der Waals surface area contributed by atoms with Crippen LogP contribution < -0.4 is 5.32 Å². The molecule has 1 saturated heterocycles. The molecule has 1 heterocycles. The van der Waals surface area contributed by atoms with Crippen LogP contribution in [0.3, 0.4) is 0 Å². The molecule has 21 heavy (non-hydrogen) atoms. The van der Waals surface area contributed by atoms with E-state index in [1.807, 2.05) is 0 Å². The Labute approximate surface area is 127 Å². The van der Waals surface area contributed by atoms with Crippen LogP contribution in [0.1, 0.15) is 64.2 Å². The third kappa shape index (κ3) is 4.90. The number of carbonyl (C=O) groups is 2. The lowest BCUT2D eigenvalue weighted by Gasteiger charge is -2.27. The van der Waals surface area contributed by atoms with Crippen molar-refractivity contribution in [1.82, 2.24) is 10.2 Å². The molecule has 0 aromatic heterocycles. The summed E-state index contributed by atoms with van der Waals surface area (Å²) in [5.41, 5.74) is 0. The van der Waals surface area contributed by atoms with E-state index < -0.39 is 12.0 Å². The zero-order valence-corrected chi connectivity index (χ0v) is 12.9. The Balaban J connectivity index is 1.73. The molecule has 120 valence electrons. The molecule has 0 bridgehead atoms. The number of urea groups is 1. The van der Waals surface area contributed by atoms with E-state index >= 15 is 0 Å². The first-order valence-corrected chi connectivity index (χ1v) is 8.46. The maximum atomic E-state index is 12.2. The summed E-state index contributed by atoms with van der Waals surface area (Å²) in [5, 5.41) is 12.2. The van der Waals surface area contributed by atoms with Crippen LogP contribution in [0.15, 0.2) is 0 Å². The van der Waals surface area contributed by atoms with Gasteiger partial charge >= 0.3 is 12.0 Å². The Hall–Kier alpha value is -1.26. The molecule has 2 N–H and O–H groups in total. The van der Waals surface area contributed by atoms with Gasteiger partial charge in [-0.1, -0.05) is 38.5 Å². The molecule has 2 rings (SSSR count). The second-order valence-electron chi connectivity index (χ2n) is 6.42. The SMILES string of the molecule is O=C(O)C1CCCCCN1C(=O)NCCCC1CCCC1. The molecule has 5 heteroatoms. The van der Waals surface area contributed by atoms with Gasteiger partial charge in [0, 0.05) is 13.1 Å². The van der Waals surface area contributed by atoms with E-state index in [1.54, 1.807) is 0 Å². The van der Waals surface area contributed by atoms with Crippen LogP contribution in [0, 0.1) is 5.92 Å². The van der Waals surface area contributed by atoms with Crippen molar-refractivity contribution in [2.45, 2.75) is 70.3 Å². The predicted octanol–water partition coefficient (Wildman–Crippen LogP) is 3.00. The van der Waals surface area contributed by atoms with Crippen LogP contribution in [-0.2, 0) is 4.79 Å². The molecule has 2 aliphatic rings. The average molecular weight is 296 g/mol. The van der Waals surface area contributed by atoms with Crippen molar-refractivity contribution in [3.05, 3.63) is 0 Å². The standard InChI is InChI=1S/C16H28N2O3/c19-15(20)14-10-2-1-5-12-18(14)16(21)17-11-6-9-13-7-3-4-8-13/h13-14H,1-12H2,(H,17,21)(H,19,20). The lowest BCUT2D eigenvalue weighted by Crippen LogP contribution is -2.49. The Bertz CT molecular complexity index is 353. The number of aliphatic carboxylic acids is 1. The number of rotatable bonds is 5. The van der Waals surface area contributed by atoms with Gasteiger partial charge in [-0.15, -0.1) is 0 Å². The zero-order valence-electron chi connectivity index (χ0n) is 12.9. The lowest BCUT2D eigenvalue weighted by molar-refractivity contribution is -0.142. The average Bonchev–Trinajstić information content (AvgIpc) is 2.84. The number of carboxylic acids is 1. The van der Waals surface area contributed by atoms with E-state index in [0.717, 1.165) is 31.6 Å². The molecule has 1 aliphatic heterocycles. The minimum Gasteiger partial charge on any atom is -0.480 e. The number of carbonyl (C=O) groups excluding carboxylic acids is 1. The van der Waals surface area contributed by atoms with E-state index in [-0.39, 0.29) is 6.03 Å². The van der Waals surface area contributed by atoms with Crippen molar-refractivity contribution in [2.24, 2.45) is 5.92 Å². The quantitative estimate of drug-likeness (QED) is 0.766. The number of amides is 2. The largest absolute Gasteiger partial charge is 0.480 e. The van der Waals surface area contributed by atoms with Crippen LogP contribution in [0.25, 0.3) is 0 Å². The Morgan fingerprint density at radius 1 is 1.05 bits per heavy atom. The van der Waals surface area contributed by atoms with E-state index in [9.17, 15) is 14.7 Å². The van der Waals surface area contributed by atoms with Gasteiger partial charge in [-0.25, -0.2) is 9.59 Å². The van der Waals surface area contributed by atoms with Gasteiger partial charge in [0.15, 0.2) is 0 Å². The topological polar surface area (TPSA) is 69.6 Å². The van der Waals surface area contributed by atoms with Gasteiger partial charge in [-0.3, -0.25) is 0 Å². The molecule has 1 aliphatic carbocycles. The van der Waals surface area contributed by atoms with Gasteiger partial charge in [0.2, 0.25) is 0 Å². The van der Waals surface area contributed by atoms with Gasteiger partial charge < -0.3 is 15.3 Å². The minimum atomic E-state index is -0.877. The molecule has 1 saturated carbocycles. The number of carboxylic acid groups (broad SMARTS) is 1. The van der Waals surface area contributed by atoms with E-state index in [2.05, 4.69) is 5.32 Å². The van der Waals surface area contributed by atoms with Gasteiger partial charge in [-0.05, 0) is 31.6 Å². The highest BCUT2D eigenvalue weighted by Crippen LogP contribution is 2.28. The van der Waals surface area contributed by atoms with E-state index in [4.69, 9.17) is 0 Å². The van der Waals surface area contributed by atoms with Crippen LogP contribution in [0.5, 0.6) is 0 Å². The van der Waals surface area contributed by atoms with Gasteiger partial charge in [-0.2, -0.15) is 0 Å². The number of hydrogen-bond acceptors (Lipinski definition) is 2. The first kappa shape index (κ1) is 16.1. The summed E-state index contributed by atoms with van der Waals surface area (Å²) in [6.45, 7) is 1.23. The van der Waals surface area contributed by atoms with Crippen LogP contribution in [0.2, 0.25) is 0 Å². The highest BCUT2D eigenvalue weighted by molar-refractivity contribution is 5.82. The number of hydrogen-bond donors (Lipinski definition) is 2. The molecule has 2 fully saturated rings. The van der Waals surface area contributed by atoms with Crippen molar-refractivity contribution < 1.29 is 14.7 Å². The minimum absolute atomic E-state index is 0.198. The Morgan fingerprint density at radius 2 is 1.76 bits per heavy atom. The third-order valence-corrected chi connectivity index (χ3v) is 4.84.